The van der Waals surface area contributed by atoms with E-state index < -0.39 is 5.82 Å². The van der Waals surface area contributed by atoms with E-state index in [0.717, 1.165) is 23.7 Å². The van der Waals surface area contributed by atoms with Gasteiger partial charge in [0, 0.05) is 50.5 Å². The second-order valence-corrected chi connectivity index (χ2v) is 8.11. The lowest BCUT2D eigenvalue weighted by atomic mass is 10.1. The van der Waals surface area contributed by atoms with Crippen molar-refractivity contribution < 1.29 is 13.7 Å². The van der Waals surface area contributed by atoms with Crippen molar-refractivity contribution in [3.63, 3.8) is 0 Å². The third kappa shape index (κ3) is 4.32. The minimum atomic E-state index is -0.525. The molecule has 1 fully saturated rings. The van der Waals surface area contributed by atoms with Gasteiger partial charge < -0.3 is 14.2 Å². The number of aromatic nitrogens is 5. The van der Waals surface area contributed by atoms with Crippen LogP contribution in [0.3, 0.4) is 0 Å². The van der Waals surface area contributed by atoms with Gasteiger partial charge in [0.25, 0.3) is 5.56 Å². The zero-order valence-corrected chi connectivity index (χ0v) is 18.8. The van der Waals surface area contributed by atoms with Crippen LogP contribution in [0, 0.1) is 12.7 Å². The molecule has 1 aliphatic heterocycles. The van der Waals surface area contributed by atoms with E-state index in [0.29, 0.717) is 37.4 Å². The lowest BCUT2D eigenvalue weighted by Crippen LogP contribution is -2.34. The second-order valence-electron chi connectivity index (χ2n) is 8.11. The van der Waals surface area contributed by atoms with Gasteiger partial charge in [-0.25, -0.2) is 9.37 Å². The molecule has 0 N–H and O–H groups in total. The highest BCUT2D eigenvalue weighted by Crippen LogP contribution is 2.28. The smallest absolute Gasteiger partial charge is 0.255 e. The Morgan fingerprint density at radius 1 is 1.15 bits per heavy atom. The van der Waals surface area contributed by atoms with Crippen molar-refractivity contribution in [3.05, 3.63) is 76.4 Å². The number of pyridine rings is 1. The van der Waals surface area contributed by atoms with E-state index in [-0.39, 0.29) is 22.9 Å². The van der Waals surface area contributed by atoms with Gasteiger partial charge in [0.05, 0.1) is 18.4 Å². The third-order valence-electron chi connectivity index (χ3n) is 5.79. The molecule has 5 rings (SSSR count). The van der Waals surface area contributed by atoms with Crippen LogP contribution in [-0.2, 0) is 11.8 Å². The molecule has 1 aromatic carbocycles. The van der Waals surface area contributed by atoms with Gasteiger partial charge in [0.2, 0.25) is 17.7 Å². The molecule has 0 radical (unpaired) electrons. The summed E-state index contributed by atoms with van der Waals surface area (Å²) >= 11 is 0. The van der Waals surface area contributed by atoms with Crippen LogP contribution in [0.2, 0.25) is 0 Å². The Balaban J connectivity index is 1.45. The Morgan fingerprint density at radius 2 is 1.97 bits per heavy atom. The first kappa shape index (κ1) is 21.9. The monoisotopic (exact) mass is 462 g/mol. The highest BCUT2D eigenvalue weighted by atomic mass is 19.1. The van der Waals surface area contributed by atoms with Crippen LogP contribution in [-0.4, -0.2) is 44.4 Å². The largest absolute Gasteiger partial charge is 0.372 e. The van der Waals surface area contributed by atoms with Crippen molar-refractivity contribution in [2.75, 3.05) is 24.6 Å². The van der Waals surface area contributed by atoms with Gasteiger partial charge in [0.15, 0.2) is 5.82 Å². The van der Waals surface area contributed by atoms with E-state index in [9.17, 15) is 9.18 Å². The standard InChI is InChI=1S/C24H23FN6O3/c1-15-27-23(29-34-15)17-6-4-16(5-7-17)21-14-31(10-3-11-33-21)24-28-20(12-22(32)30(24)2)18-8-9-26-13-19(18)25/h4-9,12-13,21H,3,10-11,14H2,1-2H3. The van der Waals surface area contributed by atoms with Gasteiger partial charge in [-0.15, -0.1) is 0 Å². The van der Waals surface area contributed by atoms with Crippen LogP contribution in [0.1, 0.15) is 24.0 Å². The quantitative estimate of drug-likeness (QED) is 0.456. The number of hydrogen-bond acceptors (Lipinski definition) is 8. The van der Waals surface area contributed by atoms with Gasteiger partial charge in [-0.3, -0.25) is 14.3 Å². The van der Waals surface area contributed by atoms with Crippen molar-refractivity contribution in [1.29, 1.82) is 0 Å². The molecule has 10 heteroatoms. The molecule has 1 atom stereocenters. The van der Waals surface area contributed by atoms with E-state index in [4.69, 9.17) is 9.26 Å². The molecule has 3 aromatic heterocycles. The van der Waals surface area contributed by atoms with Gasteiger partial charge in [-0.2, -0.15) is 4.98 Å². The number of halogens is 1. The summed E-state index contributed by atoms with van der Waals surface area (Å²) in [5.41, 5.74) is 2.08. The van der Waals surface area contributed by atoms with E-state index in [2.05, 4.69) is 20.1 Å². The number of aryl methyl sites for hydroxylation is 1. The van der Waals surface area contributed by atoms with E-state index in [1.165, 1.54) is 22.9 Å². The molecule has 174 valence electrons. The Hall–Kier alpha value is -3.92. The fourth-order valence-electron chi connectivity index (χ4n) is 4.00. The summed E-state index contributed by atoms with van der Waals surface area (Å²) in [7, 11) is 1.67. The number of benzene rings is 1. The Kier molecular flexibility index (Phi) is 5.89. The molecule has 34 heavy (non-hydrogen) atoms. The first-order valence-corrected chi connectivity index (χ1v) is 10.9. The number of nitrogens with zero attached hydrogens (tertiary/aromatic N) is 6. The maximum atomic E-state index is 14.3. The fourth-order valence-corrected chi connectivity index (χ4v) is 4.00. The van der Waals surface area contributed by atoms with E-state index >= 15 is 0 Å². The van der Waals surface area contributed by atoms with Gasteiger partial charge in [-0.1, -0.05) is 29.4 Å². The average Bonchev–Trinajstić information content (AvgIpc) is 3.13. The molecule has 1 unspecified atom stereocenters. The number of hydrogen-bond donors (Lipinski definition) is 0. The summed E-state index contributed by atoms with van der Waals surface area (Å²) in [5.74, 6) is 0.983. The molecule has 0 saturated carbocycles. The van der Waals surface area contributed by atoms with E-state index in [1.807, 2.05) is 29.2 Å². The number of ether oxygens (including phenoxy) is 1. The molecule has 0 bridgehead atoms. The van der Waals surface area contributed by atoms with Crippen molar-refractivity contribution in [3.8, 4) is 22.6 Å². The minimum Gasteiger partial charge on any atom is -0.372 e. The summed E-state index contributed by atoms with van der Waals surface area (Å²) < 4.78 is 27.0. The molecular weight excluding hydrogens is 439 g/mol. The van der Waals surface area contributed by atoms with Crippen molar-refractivity contribution in [2.24, 2.45) is 7.05 Å². The van der Waals surface area contributed by atoms with Crippen molar-refractivity contribution in [2.45, 2.75) is 19.4 Å². The van der Waals surface area contributed by atoms with Crippen LogP contribution in [0.5, 0.6) is 0 Å². The van der Waals surface area contributed by atoms with Gasteiger partial charge in [-0.05, 0) is 18.1 Å². The fraction of sp³-hybridized carbons (Fsp3) is 0.292. The molecule has 0 spiro atoms. The summed E-state index contributed by atoms with van der Waals surface area (Å²) in [5, 5.41) is 3.96. The van der Waals surface area contributed by atoms with Crippen molar-refractivity contribution >= 4 is 5.95 Å². The Bertz CT molecular complexity index is 1370. The van der Waals surface area contributed by atoms with Crippen LogP contribution in [0.15, 0.2) is 58.1 Å². The number of rotatable bonds is 4. The molecule has 0 amide bonds. The summed E-state index contributed by atoms with van der Waals surface area (Å²) in [6, 6.07) is 10.7. The zero-order valence-electron chi connectivity index (χ0n) is 18.8. The predicted molar refractivity (Wildman–Crippen MR) is 123 cm³/mol. The summed E-state index contributed by atoms with van der Waals surface area (Å²) in [6.07, 6.45) is 3.12. The number of anilines is 1. The lowest BCUT2D eigenvalue weighted by Gasteiger charge is -2.27. The average molecular weight is 462 g/mol. The molecule has 1 aliphatic rings. The normalized spacial score (nSPS) is 16.4. The van der Waals surface area contributed by atoms with Crippen LogP contribution < -0.4 is 10.5 Å². The zero-order chi connectivity index (χ0) is 23.7. The molecule has 4 aromatic rings. The highest BCUT2D eigenvalue weighted by Gasteiger charge is 2.24. The SMILES string of the molecule is Cc1nc(-c2ccc(C3CN(c4nc(-c5ccncc5F)cc(=O)n4C)CCCO3)cc2)no1. The summed E-state index contributed by atoms with van der Waals surface area (Å²) in [4.78, 5) is 27.4. The minimum absolute atomic E-state index is 0.234. The predicted octanol–water partition coefficient (Wildman–Crippen LogP) is 3.31. The van der Waals surface area contributed by atoms with Crippen LogP contribution in [0.25, 0.3) is 22.6 Å². The molecule has 4 heterocycles. The second kappa shape index (κ2) is 9.14. The van der Waals surface area contributed by atoms with Gasteiger partial charge in [0.1, 0.15) is 6.10 Å². The summed E-state index contributed by atoms with van der Waals surface area (Å²) in [6.45, 7) is 3.46. The topological polar surface area (TPSA) is 99.2 Å². The van der Waals surface area contributed by atoms with Crippen LogP contribution >= 0.6 is 0 Å². The first-order chi connectivity index (χ1) is 16.5. The van der Waals surface area contributed by atoms with Crippen molar-refractivity contribution in [1.82, 2.24) is 24.7 Å². The molecular formula is C24H23FN6O3. The molecule has 0 aliphatic carbocycles. The Labute approximate surface area is 194 Å². The maximum absolute atomic E-state index is 14.3. The first-order valence-electron chi connectivity index (χ1n) is 10.9. The van der Waals surface area contributed by atoms with Gasteiger partial charge >= 0.3 is 0 Å². The molecule has 1 saturated heterocycles. The molecule has 9 nitrogen and oxygen atoms in total. The Morgan fingerprint density at radius 3 is 2.71 bits per heavy atom. The highest BCUT2D eigenvalue weighted by molar-refractivity contribution is 5.60. The van der Waals surface area contributed by atoms with Crippen LogP contribution in [0.4, 0.5) is 10.3 Å². The maximum Gasteiger partial charge on any atom is 0.255 e. The third-order valence-corrected chi connectivity index (χ3v) is 5.79. The van der Waals surface area contributed by atoms with E-state index in [1.54, 1.807) is 14.0 Å². The lowest BCUT2D eigenvalue weighted by molar-refractivity contribution is 0.0685.